The van der Waals surface area contributed by atoms with Gasteiger partial charge in [-0.05, 0) is 18.9 Å². The summed E-state index contributed by atoms with van der Waals surface area (Å²) < 4.78 is 13.7. The molecular weight excluding hydrogens is 189 g/mol. The molecule has 0 radical (unpaired) electrons. The highest BCUT2D eigenvalue weighted by Gasteiger charge is 2.40. The lowest BCUT2D eigenvalue weighted by Gasteiger charge is -2.23. The summed E-state index contributed by atoms with van der Waals surface area (Å²) in [5.74, 6) is -0.150. The molecule has 1 aliphatic rings. The topological polar surface area (TPSA) is 4.36 Å². The average molecular weight is 203 g/mol. The van der Waals surface area contributed by atoms with Crippen molar-refractivity contribution in [2.24, 2.45) is 0 Å². The second kappa shape index (κ2) is 4.02. The van der Waals surface area contributed by atoms with Gasteiger partial charge in [0.05, 0.1) is 5.41 Å². The van der Waals surface area contributed by atoms with Crippen LogP contribution in [-0.2, 0) is 5.41 Å². The predicted molar refractivity (Wildman–Crippen MR) is 58.0 cm³/mol. The Morgan fingerprint density at radius 1 is 1.27 bits per heavy atom. The maximum atomic E-state index is 13.7. The van der Waals surface area contributed by atoms with Crippen molar-refractivity contribution < 1.29 is 4.39 Å². The van der Waals surface area contributed by atoms with Gasteiger partial charge >= 0.3 is 0 Å². The molecule has 2 rings (SSSR count). The van der Waals surface area contributed by atoms with Gasteiger partial charge in [0.25, 0.3) is 0 Å². The fourth-order valence-electron chi connectivity index (χ4n) is 2.61. The third-order valence-corrected chi connectivity index (χ3v) is 3.39. The molecule has 2 heteroatoms. The summed E-state index contributed by atoms with van der Waals surface area (Å²) in [7, 11) is 0. The van der Waals surface area contributed by atoms with E-state index in [9.17, 15) is 4.39 Å². The van der Waals surface area contributed by atoms with Gasteiger partial charge < -0.3 is 4.85 Å². The SMILES string of the molecule is [C-]#[N+]CC1(c2ccccc2F)CCCC1. The molecule has 1 aromatic rings. The Kier molecular flexibility index (Phi) is 2.73. The van der Waals surface area contributed by atoms with Gasteiger partial charge in [0.15, 0.2) is 0 Å². The normalized spacial score (nSPS) is 18.7. The molecule has 0 amide bonds. The van der Waals surface area contributed by atoms with Crippen LogP contribution in [0.25, 0.3) is 4.85 Å². The predicted octanol–water partition coefficient (Wildman–Crippen LogP) is 3.56. The summed E-state index contributed by atoms with van der Waals surface area (Å²) >= 11 is 0. The van der Waals surface area contributed by atoms with E-state index in [1.165, 1.54) is 6.07 Å². The van der Waals surface area contributed by atoms with Crippen molar-refractivity contribution in [1.82, 2.24) is 0 Å². The van der Waals surface area contributed by atoms with E-state index < -0.39 is 0 Å². The lowest BCUT2D eigenvalue weighted by atomic mass is 9.78. The molecule has 0 bridgehead atoms. The van der Waals surface area contributed by atoms with Crippen LogP contribution in [-0.4, -0.2) is 6.54 Å². The number of halogens is 1. The Balaban J connectivity index is 2.42. The molecule has 1 aliphatic carbocycles. The first-order valence-corrected chi connectivity index (χ1v) is 5.37. The van der Waals surface area contributed by atoms with Gasteiger partial charge in [0, 0.05) is 5.56 Å². The van der Waals surface area contributed by atoms with Gasteiger partial charge in [-0.2, -0.15) is 0 Å². The smallest absolute Gasteiger partial charge is 0.224 e. The van der Waals surface area contributed by atoms with Gasteiger partial charge in [0.2, 0.25) is 6.54 Å². The summed E-state index contributed by atoms with van der Waals surface area (Å²) in [6.07, 6.45) is 4.14. The van der Waals surface area contributed by atoms with Crippen LogP contribution in [0.4, 0.5) is 4.39 Å². The molecule has 0 aromatic heterocycles. The second-order valence-electron chi connectivity index (χ2n) is 4.28. The summed E-state index contributed by atoms with van der Waals surface area (Å²) in [5, 5.41) is 0. The van der Waals surface area contributed by atoms with E-state index >= 15 is 0 Å². The fourth-order valence-corrected chi connectivity index (χ4v) is 2.61. The summed E-state index contributed by atoms with van der Waals surface area (Å²) in [6.45, 7) is 7.44. The van der Waals surface area contributed by atoms with Gasteiger partial charge in [-0.15, -0.1) is 0 Å². The van der Waals surface area contributed by atoms with Gasteiger partial charge in [0.1, 0.15) is 5.82 Å². The van der Waals surface area contributed by atoms with Crippen LogP contribution in [0.5, 0.6) is 0 Å². The first-order valence-electron chi connectivity index (χ1n) is 5.37. The number of rotatable bonds is 2. The molecular formula is C13H14FN. The largest absolute Gasteiger partial charge is 0.316 e. The van der Waals surface area contributed by atoms with Gasteiger partial charge in [-0.25, -0.2) is 11.0 Å². The van der Waals surface area contributed by atoms with Crippen molar-refractivity contribution >= 4 is 0 Å². The first-order chi connectivity index (χ1) is 7.28. The van der Waals surface area contributed by atoms with Crippen molar-refractivity contribution in [1.29, 1.82) is 0 Å². The standard InChI is InChI=1S/C13H14FN/c1-15-10-13(8-4-5-9-13)11-6-2-3-7-12(11)14/h2-3,6-7H,4-5,8-10H2. The first kappa shape index (κ1) is 10.2. The Morgan fingerprint density at radius 3 is 2.53 bits per heavy atom. The second-order valence-corrected chi connectivity index (χ2v) is 4.28. The van der Waals surface area contributed by atoms with Crippen LogP contribution in [0.2, 0.25) is 0 Å². The van der Waals surface area contributed by atoms with Crippen molar-refractivity contribution in [3.63, 3.8) is 0 Å². The Labute approximate surface area is 89.7 Å². The van der Waals surface area contributed by atoms with Crippen molar-refractivity contribution in [2.75, 3.05) is 6.54 Å². The van der Waals surface area contributed by atoms with Crippen LogP contribution >= 0.6 is 0 Å². The highest BCUT2D eigenvalue weighted by atomic mass is 19.1. The molecule has 1 aromatic carbocycles. The molecule has 0 aliphatic heterocycles. The van der Waals surface area contributed by atoms with Crippen LogP contribution in [0.15, 0.2) is 24.3 Å². The van der Waals surface area contributed by atoms with E-state index in [-0.39, 0.29) is 11.2 Å². The monoisotopic (exact) mass is 203 g/mol. The molecule has 0 N–H and O–H groups in total. The minimum absolute atomic E-state index is 0.150. The van der Waals surface area contributed by atoms with Gasteiger partial charge in [-0.3, -0.25) is 0 Å². The molecule has 0 unspecified atom stereocenters. The minimum atomic E-state index is -0.201. The van der Waals surface area contributed by atoms with Gasteiger partial charge in [-0.1, -0.05) is 31.0 Å². The maximum Gasteiger partial charge on any atom is 0.224 e. The minimum Gasteiger partial charge on any atom is -0.316 e. The lowest BCUT2D eigenvalue weighted by molar-refractivity contribution is 0.447. The molecule has 1 fully saturated rings. The van der Waals surface area contributed by atoms with E-state index in [2.05, 4.69) is 4.85 Å². The van der Waals surface area contributed by atoms with Crippen LogP contribution in [0.3, 0.4) is 0 Å². The fraction of sp³-hybridized carbons (Fsp3) is 0.462. The molecule has 0 atom stereocenters. The molecule has 0 saturated heterocycles. The van der Waals surface area contributed by atoms with E-state index in [4.69, 9.17) is 6.57 Å². The third-order valence-electron chi connectivity index (χ3n) is 3.39. The van der Waals surface area contributed by atoms with Crippen LogP contribution in [0, 0.1) is 12.4 Å². The summed E-state index contributed by atoms with van der Waals surface area (Å²) in [4.78, 5) is 3.49. The molecule has 1 nitrogen and oxygen atoms in total. The zero-order valence-corrected chi connectivity index (χ0v) is 8.67. The molecule has 78 valence electrons. The Morgan fingerprint density at radius 2 is 1.93 bits per heavy atom. The summed E-state index contributed by atoms with van der Waals surface area (Å²) in [6, 6.07) is 6.91. The van der Waals surface area contributed by atoms with Crippen LogP contribution in [0.1, 0.15) is 31.2 Å². The van der Waals surface area contributed by atoms with Crippen molar-refractivity contribution in [3.05, 3.63) is 47.1 Å². The highest BCUT2D eigenvalue weighted by Crippen LogP contribution is 2.42. The maximum absolute atomic E-state index is 13.7. The quantitative estimate of drug-likeness (QED) is 0.647. The molecule has 0 spiro atoms. The number of nitrogens with zero attached hydrogens (tertiary/aromatic N) is 1. The third kappa shape index (κ3) is 1.74. The van der Waals surface area contributed by atoms with E-state index in [1.54, 1.807) is 6.07 Å². The average Bonchev–Trinajstić information content (AvgIpc) is 2.69. The van der Waals surface area contributed by atoms with Crippen molar-refractivity contribution in [2.45, 2.75) is 31.1 Å². The van der Waals surface area contributed by atoms with E-state index in [0.29, 0.717) is 6.54 Å². The zero-order chi connectivity index (χ0) is 10.7. The number of hydrogen-bond donors (Lipinski definition) is 0. The summed E-state index contributed by atoms with van der Waals surface area (Å²) in [5.41, 5.74) is 0.547. The van der Waals surface area contributed by atoms with Crippen LogP contribution < -0.4 is 0 Å². The lowest BCUT2D eigenvalue weighted by Crippen LogP contribution is -2.26. The van der Waals surface area contributed by atoms with E-state index in [0.717, 1.165) is 31.2 Å². The number of hydrogen-bond acceptors (Lipinski definition) is 0. The van der Waals surface area contributed by atoms with Crippen molar-refractivity contribution in [3.8, 4) is 0 Å². The zero-order valence-electron chi connectivity index (χ0n) is 8.67. The molecule has 0 heterocycles. The molecule has 1 saturated carbocycles. The van der Waals surface area contributed by atoms with E-state index in [1.807, 2.05) is 12.1 Å². The molecule has 15 heavy (non-hydrogen) atoms. The Bertz CT molecular complexity index is 386. The number of benzene rings is 1. The highest BCUT2D eigenvalue weighted by molar-refractivity contribution is 5.29. The Hall–Kier alpha value is -1.36.